The quantitative estimate of drug-likeness (QED) is 0.714. The maximum Gasteiger partial charge on any atom is 0.203 e. The molecule has 0 saturated carbocycles. The molecule has 1 unspecified atom stereocenters. The largest absolute Gasteiger partial charge is 0.493 e. The molecule has 0 radical (unpaired) electrons. The Bertz CT molecular complexity index is 362. The molecule has 4 nitrogen and oxygen atoms in total. The van der Waals surface area contributed by atoms with Gasteiger partial charge in [-0.3, -0.25) is 0 Å². The zero-order valence-corrected chi connectivity index (χ0v) is 10.6. The Labute approximate surface area is 102 Å². The van der Waals surface area contributed by atoms with E-state index in [0.29, 0.717) is 17.2 Å². The van der Waals surface area contributed by atoms with Crippen LogP contribution in [0.5, 0.6) is 17.2 Å². The summed E-state index contributed by atoms with van der Waals surface area (Å²) in [5.41, 5.74) is 0.900. The predicted molar refractivity (Wildman–Crippen MR) is 66.0 cm³/mol. The van der Waals surface area contributed by atoms with Crippen molar-refractivity contribution >= 4 is 0 Å². The molecule has 0 aliphatic carbocycles. The Morgan fingerprint density at radius 2 is 1.53 bits per heavy atom. The normalized spacial score (nSPS) is 11.8. The second-order valence-corrected chi connectivity index (χ2v) is 3.35. The molecule has 0 N–H and O–H groups in total. The lowest BCUT2D eigenvalue weighted by Gasteiger charge is -2.17. The molecule has 0 aliphatic heterocycles. The van der Waals surface area contributed by atoms with Crippen LogP contribution >= 0.6 is 0 Å². The summed E-state index contributed by atoms with van der Waals surface area (Å²) in [6.45, 7) is 3.72. The summed E-state index contributed by atoms with van der Waals surface area (Å²) in [6.07, 6.45) is 1.50. The van der Waals surface area contributed by atoms with E-state index in [9.17, 15) is 0 Å². The molecule has 94 valence electrons. The molecule has 0 aromatic heterocycles. The van der Waals surface area contributed by atoms with Crippen LogP contribution in [0.1, 0.15) is 11.7 Å². The van der Waals surface area contributed by atoms with Crippen LogP contribution in [0.4, 0.5) is 0 Å². The monoisotopic (exact) mass is 238 g/mol. The first kappa shape index (κ1) is 13.4. The standard InChI is InChI=1S/C13H18O4/c1-6-10(14-2)9-7-11(15-3)13(17-5)12(8-9)16-4/h6-8,10H,1H2,2-5H3. The summed E-state index contributed by atoms with van der Waals surface area (Å²) in [7, 11) is 6.35. The number of benzene rings is 1. The van der Waals surface area contributed by atoms with Crippen molar-refractivity contribution in [3.8, 4) is 17.2 Å². The van der Waals surface area contributed by atoms with Crippen LogP contribution in [-0.2, 0) is 4.74 Å². The number of methoxy groups -OCH3 is 4. The Balaban J connectivity index is 3.30. The molecule has 1 aromatic rings. The van der Waals surface area contributed by atoms with Gasteiger partial charge in [0.25, 0.3) is 0 Å². The van der Waals surface area contributed by atoms with Gasteiger partial charge in [-0.2, -0.15) is 0 Å². The van der Waals surface area contributed by atoms with Gasteiger partial charge in [0, 0.05) is 7.11 Å². The lowest BCUT2D eigenvalue weighted by molar-refractivity contribution is 0.142. The summed E-state index contributed by atoms with van der Waals surface area (Å²) in [6, 6.07) is 3.69. The topological polar surface area (TPSA) is 36.9 Å². The number of hydrogen-bond donors (Lipinski definition) is 0. The molecule has 0 heterocycles. The molecule has 0 bridgehead atoms. The van der Waals surface area contributed by atoms with Gasteiger partial charge in [-0.15, -0.1) is 6.58 Å². The second-order valence-electron chi connectivity index (χ2n) is 3.35. The third kappa shape index (κ3) is 2.71. The molecule has 0 spiro atoms. The van der Waals surface area contributed by atoms with Gasteiger partial charge >= 0.3 is 0 Å². The lowest BCUT2D eigenvalue weighted by atomic mass is 10.1. The first-order valence-electron chi connectivity index (χ1n) is 5.17. The smallest absolute Gasteiger partial charge is 0.203 e. The summed E-state index contributed by atoms with van der Waals surface area (Å²) in [5, 5.41) is 0. The average Bonchev–Trinajstić information content (AvgIpc) is 2.38. The van der Waals surface area contributed by atoms with E-state index in [-0.39, 0.29) is 6.10 Å². The van der Waals surface area contributed by atoms with Crippen LogP contribution in [0.3, 0.4) is 0 Å². The summed E-state index contributed by atoms with van der Waals surface area (Å²) in [5.74, 6) is 1.77. The van der Waals surface area contributed by atoms with Crippen LogP contribution in [0, 0.1) is 0 Å². The Hall–Kier alpha value is -1.68. The van der Waals surface area contributed by atoms with E-state index in [1.807, 2.05) is 12.1 Å². The van der Waals surface area contributed by atoms with Crippen molar-refractivity contribution in [3.05, 3.63) is 30.4 Å². The average molecular weight is 238 g/mol. The van der Waals surface area contributed by atoms with Crippen molar-refractivity contribution in [3.63, 3.8) is 0 Å². The summed E-state index contributed by atoms with van der Waals surface area (Å²) in [4.78, 5) is 0. The molecule has 0 aliphatic rings. The molecule has 17 heavy (non-hydrogen) atoms. The van der Waals surface area contributed by atoms with Crippen molar-refractivity contribution in [2.75, 3.05) is 28.4 Å². The predicted octanol–water partition coefficient (Wildman–Crippen LogP) is 2.59. The highest BCUT2D eigenvalue weighted by Gasteiger charge is 2.16. The third-order valence-corrected chi connectivity index (χ3v) is 2.48. The van der Waals surface area contributed by atoms with E-state index in [2.05, 4.69) is 6.58 Å². The summed E-state index contributed by atoms with van der Waals surface area (Å²) < 4.78 is 21.1. The van der Waals surface area contributed by atoms with Gasteiger partial charge in [0.15, 0.2) is 11.5 Å². The molecular formula is C13H18O4. The highest BCUT2D eigenvalue weighted by molar-refractivity contribution is 5.54. The van der Waals surface area contributed by atoms with Gasteiger partial charge in [0.1, 0.15) is 6.10 Å². The van der Waals surface area contributed by atoms with Crippen LogP contribution in [0.25, 0.3) is 0 Å². The molecule has 0 saturated heterocycles. The minimum Gasteiger partial charge on any atom is -0.493 e. The van der Waals surface area contributed by atoms with Crippen molar-refractivity contribution in [1.82, 2.24) is 0 Å². The van der Waals surface area contributed by atoms with Gasteiger partial charge in [0.05, 0.1) is 21.3 Å². The molecule has 0 fully saturated rings. The minimum atomic E-state index is -0.205. The second kappa shape index (κ2) is 6.15. The molecule has 1 rings (SSSR count). The fourth-order valence-corrected chi connectivity index (χ4v) is 1.63. The molecule has 1 aromatic carbocycles. The molecule has 1 atom stereocenters. The van der Waals surface area contributed by atoms with Crippen LogP contribution in [-0.4, -0.2) is 28.4 Å². The number of rotatable bonds is 6. The first-order valence-corrected chi connectivity index (χ1v) is 5.17. The van der Waals surface area contributed by atoms with Gasteiger partial charge in [0.2, 0.25) is 5.75 Å². The fraction of sp³-hybridized carbons (Fsp3) is 0.385. The van der Waals surface area contributed by atoms with Crippen molar-refractivity contribution in [2.24, 2.45) is 0 Å². The SMILES string of the molecule is C=CC(OC)c1cc(OC)c(OC)c(OC)c1. The van der Waals surface area contributed by atoms with E-state index in [4.69, 9.17) is 18.9 Å². The van der Waals surface area contributed by atoms with E-state index >= 15 is 0 Å². The van der Waals surface area contributed by atoms with Crippen LogP contribution in [0.2, 0.25) is 0 Å². The molecule has 0 amide bonds. The lowest BCUT2D eigenvalue weighted by Crippen LogP contribution is -2.01. The zero-order chi connectivity index (χ0) is 12.8. The van der Waals surface area contributed by atoms with E-state index in [0.717, 1.165) is 5.56 Å². The van der Waals surface area contributed by atoms with Crippen molar-refractivity contribution < 1.29 is 18.9 Å². The van der Waals surface area contributed by atoms with E-state index in [1.54, 1.807) is 34.5 Å². The van der Waals surface area contributed by atoms with E-state index in [1.165, 1.54) is 0 Å². The number of ether oxygens (including phenoxy) is 4. The van der Waals surface area contributed by atoms with Gasteiger partial charge in [-0.1, -0.05) is 6.08 Å². The minimum absolute atomic E-state index is 0.205. The Kier molecular flexibility index (Phi) is 4.84. The van der Waals surface area contributed by atoms with Gasteiger partial charge < -0.3 is 18.9 Å². The highest BCUT2D eigenvalue weighted by Crippen LogP contribution is 2.40. The van der Waals surface area contributed by atoms with Crippen LogP contribution in [0.15, 0.2) is 24.8 Å². The fourth-order valence-electron chi connectivity index (χ4n) is 1.63. The molecule has 4 heteroatoms. The van der Waals surface area contributed by atoms with Crippen molar-refractivity contribution in [2.45, 2.75) is 6.10 Å². The summed E-state index contributed by atoms with van der Waals surface area (Å²) >= 11 is 0. The van der Waals surface area contributed by atoms with E-state index < -0.39 is 0 Å². The maximum atomic E-state index is 5.29. The number of hydrogen-bond acceptors (Lipinski definition) is 4. The van der Waals surface area contributed by atoms with Gasteiger partial charge in [-0.05, 0) is 17.7 Å². The Morgan fingerprint density at radius 1 is 1.00 bits per heavy atom. The maximum absolute atomic E-state index is 5.29. The molecular weight excluding hydrogens is 220 g/mol. The zero-order valence-electron chi connectivity index (χ0n) is 10.6. The van der Waals surface area contributed by atoms with Crippen molar-refractivity contribution in [1.29, 1.82) is 0 Å². The van der Waals surface area contributed by atoms with Gasteiger partial charge in [-0.25, -0.2) is 0 Å². The van der Waals surface area contributed by atoms with Crippen LogP contribution < -0.4 is 14.2 Å². The Morgan fingerprint density at radius 3 is 1.82 bits per heavy atom. The highest BCUT2D eigenvalue weighted by atomic mass is 16.5. The first-order chi connectivity index (χ1) is 8.21. The third-order valence-electron chi connectivity index (χ3n) is 2.48.